The van der Waals surface area contributed by atoms with E-state index in [1.54, 1.807) is 4.68 Å². The van der Waals surface area contributed by atoms with Crippen LogP contribution in [0.25, 0.3) is 0 Å². The van der Waals surface area contributed by atoms with Gasteiger partial charge in [-0.1, -0.05) is 0 Å². The lowest BCUT2D eigenvalue weighted by Crippen LogP contribution is -2.32. The number of nitrogens with one attached hydrogen (secondary N) is 1. The highest BCUT2D eigenvalue weighted by Gasteiger charge is 2.33. The number of halogens is 3. The normalized spacial score (nSPS) is 18.4. The smallest absolute Gasteiger partial charge is 0.350 e. The molecule has 2 aromatic rings. The van der Waals surface area contributed by atoms with Crippen molar-refractivity contribution in [2.24, 2.45) is 0 Å². The van der Waals surface area contributed by atoms with E-state index in [0.717, 1.165) is 30.9 Å². The van der Waals surface area contributed by atoms with Crippen LogP contribution in [0.4, 0.5) is 19.1 Å². The molecule has 1 aliphatic rings. The van der Waals surface area contributed by atoms with Crippen molar-refractivity contribution >= 4 is 5.95 Å². The quantitative estimate of drug-likeness (QED) is 0.916. The fourth-order valence-electron chi connectivity index (χ4n) is 2.32. The average molecular weight is 298 g/mol. The van der Waals surface area contributed by atoms with Gasteiger partial charge >= 0.3 is 6.18 Å². The number of fused-ring (bicyclic) bond motifs is 1. The van der Waals surface area contributed by atoms with Gasteiger partial charge in [-0.15, -0.1) is 0 Å². The molecule has 9 heteroatoms. The van der Waals surface area contributed by atoms with Gasteiger partial charge in [0.25, 0.3) is 0 Å². The van der Waals surface area contributed by atoms with Crippen LogP contribution in [0.15, 0.2) is 12.3 Å². The van der Waals surface area contributed by atoms with Crippen molar-refractivity contribution in [2.75, 3.05) is 5.32 Å². The highest BCUT2D eigenvalue weighted by atomic mass is 19.4. The van der Waals surface area contributed by atoms with Crippen molar-refractivity contribution in [1.82, 2.24) is 24.7 Å². The van der Waals surface area contributed by atoms with Gasteiger partial charge < -0.3 is 5.32 Å². The molecule has 6 nitrogen and oxygen atoms in total. The Hall–Kier alpha value is -2.19. The molecule has 0 saturated carbocycles. The highest BCUT2D eigenvalue weighted by molar-refractivity contribution is 5.28. The van der Waals surface area contributed by atoms with E-state index >= 15 is 0 Å². The molecule has 0 aromatic carbocycles. The number of anilines is 1. The molecule has 3 heterocycles. The lowest BCUT2D eigenvalue weighted by Gasteiger charge is -2.23. The van der Waals surface area contributed by atoms with Crippen molar-refractivity contribution in [2.45, 2.75) is 38.5 Å². The molecule has 2 aromatic heterocycles. The number of hydrogen-bond donors (Lipinski definition) is 1. The summed E-state index contributed by atoms with van der Waals surface area (Å²) in [6.07, 6.45) is -1.90. The van der Waals surface area contributed by atoms with E-state index in [1.807, 2.05) is 6.92 Å². The fraction of sp³-hybridized carbons (Fsp3) is 0.500. The molecule has 1 atom stereocenters. The van der Waals surface area contributed by atoms with Crippen LogP contribution in [0.3, 0.4) is 0 Å². The van der Waals surface area contributed by atoms with Crippen LogP contribution in [-0.4, -0.2) is 30.8 Å². The standard InChI is InChI=1S/C12H13F3N6/c1-7-17-10-3-2-8(6-21(10)20-7)18-11-16-5-4-9(19-11)12(13,14)15/h4-5,8H,2-3,6H2,1H3,(H,16,18,19)/t8-/m0/s1. The lowest BCUT2D eigenvalue weighted by molar-refractivity contribution is -0.141. The first-order valence-electron chi connectivity index (χ1n) is 6.49. The van der Waals surface area contributed by atoms with E-state index in [4.69, 9.17) is 0 Å². The van der Waals surface area contributed by atoms with Crippen LogP contribution in [0.1, 0.15) is 23.8 Å². The molecule has 0 bridgehead atoms. The van der Waals surface area contributed by atoms with E-state index in [0.29, 0.717) is 12.4 Å². The molecular weight excluding hydrogens is 285 g/mol. The number of aryl methyl sites for hydroxylation is 2. The summed E-state index contributed by atoms with van der Waals surface area (Å²) in [5.41, 5.74) is -0.951. The maximum Gasteiger partial charge on any atom is 0.433 e. The van der Waals surface area contributed by atoms with Crippen molar-refractivity contribution in [3.8, 4) is 0 Å². The average Bonchev–Trinajstić information content (AvgIpc) is 2.77. The zero-order valence-electron chi connectivity index (χ0n) is 11.2. The summed E-state index contributed by atoms with van der Waals surface area (Å²) in [6.45, 7) is 2.35. The Labute approximate surface area is 118 Å². The predicted octanol–water partition coefficient (Wildman–Crippen LogP) is 1.82. The molecular formula is C12H13F3N6. The summed E-state index contributed by atoms with van der Waals surface area (Å²) in [6, 6.07) is 0.785. The molecule has 0 aliphatic carbocycles. The molecule has 1 aliphatic heterocycles. The van der Waals surface area contributed by atoms with Gasteiger partial charge in [-0.25, -0.2) is 19.6 Å². The molecule has 1 N–H and O–H groups in total. The van der Waals surface area contributed by atoms with Crippen LogP contribution in [0, 0.1) is 6.92 Å². The molecule has 0 unspecified atom stereocenters. The van der Waals surface area contributed by atoms with Gasteiger partial charge in [0.1, 0.15) is 17.3 Å². The topological polar surface area (TPSA) is 68.5 Å². The fourth-order valence-corrected chi connectivity index (χ4v) is 2.32. The summed E-state index contributed by atoms with van der Waals surface area (Å²) in [7, 11) is 0. The zero-order valence-corrected chi connectivity index (χ0v) is 11.2. The second-order valence-corrected chi connectivity index (χ2v) is 4.90. The van der Waals surface area contributed by atoms with E-state index in [2.05, 4.69) is 25.4 Å². The molecule has 3 rings (SSSR count). The van der Waals surface area contributed by atoms with Crippen molar-refractivity contribution < 1.29 is 13.2 Å². The number of hydrogen-bond acceptors (Lipinski definition) is 5. The van der Waals surface area contributed by atoms with E-state index in [9.17, 15) is 13.2 Å². The number of alkyl halides is 3. The van der Waals surface area contributed by atoms with E-state index < -0.39 is 11.9 Å². The number of nitrogens with zero attached hydrogens (tertiary/aromatic N) is 5. The minimum Gasteiger partial charge on any atom is -0.350 e. The van der Waals surface area contributed by atoms with Gasteiger partial charge in [-0.2, -0.15) is 18.3 Å². The summed E-state index contributed by atoms with van der Waals surface area (Å²) in [5, 5.41) is 7.18. The number of rotatable bonds is 2. The van der Waals surface area contributed by atoms with Gasteiger partial charge in [0.15, 0.2) is 0 Å². The Morgan fingerprint density at radius 2 is 2.14 bits per heavy atom. The minimum atomic E-state index is -4.47. The summed E-state index contributed by atoms with van der Waals surface area (Å²) < 4.78 is 39.6. The minimum absolute atomic E-state index is 0.0184. The van der Waals surface area contributed by atoms with Crippen molar-refractivity contribution in [3.63, 3.8) is 0 Å². The van der Waals surface area contributed by atoms with Crippen LogP contribution in [0.2, 0.25) is 0 Å². The van der Waals surface area contributed by atoms with Crippen LogP contribution >= 0.6 is 0 Å². The van der Waals surface area contributed by atoms with Gasteiger partial charge in [0.05, 0.1) is 6.54 Å². The van der Waals surface area contributed by atoms with E-state index in [1.165, 1.54) is 0 Å². The first-order valence-corrected chi connectivity index (χ1v) is 6.49. The third-order valence-corrected chi connectivity index (χ3v) is 3.24. The molecule has 0 spiro atoms. The Balaban J connectivity index is 1.73. The summed E-state index contributed by atoms with van der Waals surface area (Å²) in [5.74, 6) is 1.58. The molecule has 0 fully saturated rings. The molecule has 21 heavy (non-hydrogen) atoms. The lowest BCUT2D eigenvalue weighted by atomic mass is 10.1. The largest absolute Gasteiger partial charge is 0.433 e. The van der Waals surface area contributed by atoms with Crippen LogP contribution < -0.4 is 5.32 Å². The first kappa shape index (κ1) is 13.8. The number of aromatic nitrogens is 5. The molecule has 0 radical (unpaired) electrons. The zero-order chi connectivity index (χ0) is 15.0. The van der Waals surface area contributed by atoms with Crippen molar-refractivity contribution in [3.05, 3.63) is 29.6 Å². The van der Waals surface area contributed by atoms with Gasteiger partial charge in [-0.3, -0.25) is 0 Å². The second kappa shape index (κ2) is 4.97. The Bertz CT molecular complexity index is 651. The Kier molecular flexibility index (Phi) is 3.26. The first-order chi connectivity index (χ1) is 9.91. The van der Waals surface area contributed by atoms with Crippen molar-refractivity contribution in [1.29, 1.82) is 0 Å². The summed E-state index contributed by atoms with van der Waals surface area (Å²) >= 11 is 0. The predicted molar refractivity (Wildman–Crippen MR) is 67.5 cm³/mol. The Morgan fingerprint density at radius 1 is 1.33 bits per heavy atom. The van der Waals surface area contributed by atoms with E-state index in [-0.39, 0.29) is 12.0 Å². The highest BCUT2D eigenvalue weighted by Crippen LogP contribution is 2.27. The SMILES string of the molecule is Cc1nc2n(n1)C[C@@H](Nc1nccc(C(F)(F)F)n1)CC2. The third kappa shape index (κ3) is 2.96. The Morgan fingerprint density at radius 3 is 2.90 bits per heavy atom. The van der Waals surface area contributed by atoms with Gasteiger partial charge in [-0.05, 0) is 19.4 Å². The molecule has 0 amide bonds. The van der Waals surface area contributed by atoms with Crippen LogP contribution in [-0.2, 0) is 19.1 Å². The second-order valence-electron chi connectivity index (χ2n) is 4.90. The van der Waals surface area contributed by atoms with Gasteiger partial charge in [0, 0.05) is 18.7 Å². The summed E-state index contributed by atoms with van der Waals surface area (Å²) in [4.78, 5) is 11.6. The van der Waals surface area contributed by atoms with Crippen LogP contribution in [0.5, 0.6) is 0 Å². The monoisotopic (exact) mass is 298 g/mol. The molecule has 112 valence electrons. The maximum atomic E-state index is 12.6. The molecule has 0 saturated heterocycles. The maximum absolute atomic E-state index is 12.6. The third-order valence-electron chi connectivity index (χ3n) is 3.24. The van der Waals surface area contributed by atoms with Gasteiger partial charge in [0.2, 0.25) is 5.95 Å².